The molecule has 1 aliphatic rings. The molecule has 0 bridgehead atoms. The van der Waals surface area contributed by atoms with Gasteiger partial charge in [0.25, 0.3) is 0 Å². The summed E-state index contributed by atoms with van der Waals surface area (Å²) in [7, 11) is -1.39. The van der Waals surface area contributed by atoms with Gasteiger partial charge in [-0.3, -0.25) is 0 Å². The van der Waals surface area contributed by atoms with E-state index < -0.39 is 10.0 Å². The summed E-state index contributed by atoms with van der Waals surface area (Å²) in [4.78, 5) is 0. The fourth-order valence-electron chi connectivity index (χ4n) is 1.46. The first-order chi connectivity index (χ1) is 6.92. The first-order valence-electron chi connectivity index (χ1n) is 5.59. The number of hydrogen-bond donors (Lipinski definition) is 1. The molecule has 0 amide bonds. The molecule has 1 saturated carbocycles. The summed E-state index contributed by atoms with van der Waals surface area (Å²) in [5, 5.41) is 3.22. The molecule has 4 nitrogen and oxygen atoms in total. The van der Waals surface area contributed by atoms with Gasteiger partial charge < -0.3 is 5.32 Å². The van der Waals surface area contributed by atoms with Gasteiger partial charge >= 0.3 is 0 Å². The largest absolute Gasteiger partial charge is 0.313 e. The van der Waals surface area contributed by atoms with Crippen molar-refractivity contribution >= 4 is 10.0 Å². The Morgan fingerprint density at radius 3 is 2.47 bits per heavy atom. The van der Waals surface area contributed by atoms with E-state index in [1.807, 2.05) is 13.8 Å². The summed E-state index contributed by atoms with van der Waals surface area (Å²) in [6.07, 6.45) is 2.39. The quantitative estimate of drug-likeness (QED) is 0.704. The fourth-order valence-corrected chi connectivity index (χ4v) is 2.68. The first-order valence-corrected chi connectivity index (χ1v) is 7.20. The minimum absolute atomic E-state index is 0.215. The van der Waals surface area contributed by atoms with Gasteiger partial charge in [0.2, 0.25) is 10.0 Å². The number of sulfonamides is 1. The maximum Gasteiger partial charge on any atom is 0.215 e. The summed E-state index contributed by atoms with van der Waals surface area (Å²) in [5.41, 5.74) is 0. The molecule has 0 saturated heterocycles. The predicted octanol–water partition coefficient (Wildman–Crippen LogP) is 0.656. The second-order valence-electron chi connectivity index (χ2n) is 4.72. The van der Waals surface area contributed by atoms with Gasteiger partial charge in [-0.05, 0) is 18.8 Å². The zero-order valence-corrected chi connectivity index (χ0v) is 10.7. The van der Waals surface area contributed by atoms with Gasteiger partial charge in [0.15, 0.2) is 0 Å². The van der Waals surface area contributed by atoms with E-state index in [4.69, 9.17) is 0 Å². The molecule has 0 unspecified atom stereocenters. The molecule has 1 rings (SSSR count). The van der Waals surface area contributed by atoms with Crippen LogP contribution in [-0.2, 0) is 10.0 Å². The zero-order chi connectivity index (χ0) is 11.5. The van der Waals surface area contributed by atoms with E-state index in [1.165, 1.54) is 17.1 Å². The van der Waals surface area contributed by atoms with Crippen molar-refractivity contribution in [2.75, 3.05) is 25.9 Å². The van der Waals surface area contributed by atoms with E-state index in [0.717, 1.165) is 0 Å². The molecule has 1 aliphatic carbocycles. The summed E-state index contributed by atoms with van der Waals surface area (Å²) in [6, 6.07) is 0.579. The van der Waals surface area contributed by atoms with Gasteiger partial charge in [0.1, 0.15) is 0 Å². The molecule has 90 valence electrons. The minimum Gasteiger partial charge on any atom is -0.313 e. The Bertz CT molecular complexity index is 284. The molecule has 0 atom stereocenters. The van der Waals surface area contributed by atoms with Gasteiger partial charge in [-0.1, -0.05) is 13.8 Å². The van der Waals surface area contributed by atoms with Crippen LogP contribution >= 0.6 is 0 Å². The molecular weight excluding hydrogens is 212 g/mol. The Morgan fingerprint density at radius 1 is 1.40 bits per heavy atom. The van der Waals surface area contributed by atoms with Crippen molar-refractivity contribution in [3.8, 4) is 0 Å². The molecule has 0 aliphatic heterocycles. The highest BCUT2D eigenvalue weighted by Crippen LogP contribution is 2.18. The van der Waals surface area contributed by atoms with Crippen molar-refractivity contribution < 1.29 is 8.42 Å². The van der Waals surface area contributed by atoms with Crippen LogP contribution in [0.3, 0.4) is 0 Å². The van der Waals surface area contributed by atoms with Gasteiger partial charge in [-0.2, -0.15) is 0 Å². The topological polar surface area (TPSA) is 49.4 Å². The summed E-state index contributed by atoms with van der Waals surface area (Å²) >= 11 is 0. The normalized spacial score (nSPS) is 17.7. The Morgan fingerprint density at radius 2 is 2.00 bits per heavy atom. The van der Waals surface area contributed by atoms with Crippen molar-refractivity contribution in [3.05, 3.63) is 0 Å². The summed E-state index contributed by atoms with van der Waals surface area (Å²) < 4.78 is 25.0. The molecule has 1 fully saturated rings. The highest BCUT2D eigenvalue weighted by Gasteiger charge is 2.23. The van der Waals surface area contributed by atoms with Crippen LogP contribution in [0.4, 0.5) is 0 Å². The van der Waals surface area contributed by atoms with Crippen LogP contribution < -0.4 is 5.32 Å². The Labute approximate surface area is 93.1 Å². The lowest BCUT2D eigenvalue weighted by molar-refractivity contribution is 0.416. The van der Waals surface area contributed by atoms with Crippen LogP contribution in [0, 0.1) is 5.92 Å². The van der Waals surface area contributed by atoms with Crippen molar-refractivity contribution in [2.45, 2.75) is 32.7 Å². The van der Waals surface area contributed by atoms with Gasteiger partial charge in [0, 0.05) is 26.2 Å². The third-order valence-electron chi connectivity index (χ3n) is 2.47. The van der Waals surface area contributed by atoms with Gasteiger partial charge in [-0.15, -0.1) is 0 Å². The molecular formula is C10H22N2O2S. The van der Waals surface area contributed by atoms with E-state index in [9.17, 15) is 8.42 Å². The zero-order valence-electron chi connectivity index (χ0n) is 9.86. The lowest BCUT2D eigenvalue weighted by Gasteiger charge is -2.19. The van der Waals surface area contributed by atoms with E-state index in [1.54, 1.807) is 7.05 Å². The SMILES string of the molecule is CC(C)CN(C)S(=O)(=O)CCNC1CC1. The maximum atomic E-state index is 11.8. The molecule has 0 radical (unpaired) electrons. The lowest BCUT2D eigenvalue weighted by atomic mass is 10.2. The predicted molar refractivity (Wildman–Crippen MR) is 62.3 cm³/mol. The van der Waals surface area contributed by atoms with Crippen LogP contribution in [0.15, 0.2) is 0 Å². The number of rotatable bonds is 7. The molecule has 0 heterocycles. The van der Waals surface area contributed by atoms with Crippen molar-refractivity contribution in [1.82, 2.24) is 9.62 Å². The van der Waals surface area contributed by atoms with Crippen LogP contribution in [0.5, 0.6) is 0 Å². The number of nitrogens with one attached hydrogen (secondary N) is 1. The standard InChI is InChI=1S/C10H22N2O2S/c1-9(2)8-12(3)15(13,14)7-6-11-10-4-5-10/h9-11H,4-8H2,1-3H3. The molecule has 0 aromatic heterocycles. The molecule has 5 heteroatoms. The Kier molecular flexibility index (Phi) is 4.55. The Hall–Kier alpha value is -0.130. The van der Waals surface area contributed by atoms with Crippen LogP contribution in [-0.4, -0.2) is 44.7 Å². The second-order valence-corrected chi connectivity index (χ2v) is 6.91. The van der Waals surface area contributed by atoms with E-state index in [0.29, 0.717) is 25.0 Å². The smallest absolute Gasteiger partial charge is 0.215 e. The summed E-state index contributed by atoms with van der Waals surface area (Å²) in [5.74, 6) is 0.591. The van der Waals surface area contributed by atoms with Crippen LogP contribution in [0.2, 0.25) is 0 Å². The van der Waals surface area contributed by atoms with E-state index in [2.05, 4.69) is 5.32 Å². The molecule has 0 aromatic carbocycles. The number of nitrogens with zero attached hydrogens (tertiary/aromatic N) is 1. The van der Waals surface area contributed by atoms with Crippen molar-refractivity contribution in [2.24, 2.45) is 5.92 Å². The molecule has 0 aromatic rings. The molecule has 0 spiro atoms. The van der Waals surface area contributed by atoms with E-state index >= 15 is 0 Å². The molecule has 15 heavy (non-hydrogen) atoms. The second kappa shape index (κ2) is 5.27. The third-order valence-corrected chi connectivity index (χ3v) is 4.29. The highest BCUT2D eigenvalue weighted by atomic mass is 32.2. The van der Waals surface area contributed by atoms with Gasteiger partial charge in [-0.25, -0.2) is 12.7 Å². The minimum atomic E-state index is -3.05. The maximum absolute atomic E-state index is 11.8. The third kappa shape index (κ3) is 4.95. The fraction of sp³-hybridized carbons (Fsp3) is 1.00. The highest BCUT2D eigenvalue weighted by molar-refractivity contribution is 7.89. The lowest BCUT2D eigenvalue weighted by Crippen LogP contribution is -2.36. The van der Waals surface area contributed by atoms with Crippen molar-refractivity contribution in [1.29, 1.82) is 0 Å². The average molecular weight is 234 g/mol. The Balaban J connectivity index is 2.28. The summed E-state index contributed by atoms with van der Waals surface area (Å²) in [6.45, 7) is 5.23. The molecule has 1 N–H and O–H groups in total. The van der Waals surface area contributed by atoms with Gasteiger partial charge in [0.05, 0.1) is 5.75 Å². The monoisotopic (exact) mass is 234 g/mol. The average Bonchev–Trinajstić information content (AvgIpc) is 2.86. The first kappa shape index (κ1) is 12.9. The van der Waals surface area contributed by atoms with Crippen molar-refractivity contribution in [3.63, 3.8) is 0 Å². The van der Waals surface area contributed by atoms with E-state index in [-0.39, 0.29) is 5.75 Å². The number of hydrogen-bond acceptors (Lipinski definition) is 3. The van der Waals surface area contributed by atoms with Crippen LogP contribution in [0.1, 0.15) is 26.7 Å². The van der Waals surface area contributed by atoms with Crippen LogP contribution in [0.25, 0.3) is 0 Å².